The second kappa shape index (κ2) is 4.88. The van der Waals surface area contributed by atoms with Crippen molar-refractivity contribution in [3.63, 3.8) is 0 Å². The molecule has 2 aromatic rings. The lowest BCUT2D eigenvalue weighted by Gasteiger charge is -2.06. The first kappa shape index (κ1) is 13.1. The van der Waals surface area contributed by atoms with E-state index in [0.717, 1.165) is 24.2 Å². The Morgan fingerprint density at radius 2 is 2.30 bits per heavy atom. The highest BCUT2D eigenvalue weighted by Crippen LogP contribution is 2.24. The van der Waals surface area contributed by atoms with E-state index in [0.29, 0.717) is 11.7 Å². The minimum Gasteiger partial charge on any atom is -0.384 e. The van der Waals surface area contributed by atoms with E-state index in [4.69, 9.17) is 4.52 Å². The summed E-state index contributed by atoms with van der Waals surface area (Å²) in [5.74, 6) is 0.719. The molecule has 106 valence electrons. The number of rotatable bonds is 4. The zero-order valence-electron chi connectivity index (χ0n) is 10.9. The summed E-state index contributed by atoms with van der Waals surface area (Å²) >= 11 is 0. The normalized spacial score (nSPS) is 14.1. The minimum absolute atomic E-state index is 0.00894. The minimum atomic E-state index is -3.57. The van der Waals surface area contributed by atoms with Crippen LogP contribution in [0.3, 0.4) is 0 Å². The lowest BCUT2D eigenvalue weighted by Crippen LogP contribution is -2.23. The van der Waals surface area contributed by atoms with Crippen molar-refractivity contribution in [2.75, 3.05) is 11.9 Å². The Kier molecular flexibility index (Phi) is 3.19. The third-order valence-corrected chi connectivity index (χ3v) is 4.49. The van der Waals surface area contributed by atoms with Gasteiger partial charge in [0.25, 0.3) is 0 Å². The average molecular weight is 294 g/mol. The van der Waals surface area contributed by atoms with E-state index in [2.05, 4.69) is 20.2 Å². The van der Waals surface area contributed by atoms with Crippen LogP contribution in [0.15, 0.2) is 27.6 Å². The number of hydrogen-bond donors (Lipinski definition) is 2. The maximum Gasteiger partial charge on any atom is 0.240 e. The summed E-state index contributed by atoms with van der Waals surface area (Å²) in [5.41, 5.74) is 2.01. The first-order chi connectivity index (χ1) is 9.54. The van der Waals surface area contributed by atoms with Crippen molar-refractivity contribution >= 4 is 15.7 Å². The van der Waals surface area contributed by atoms with Gasteiger partial charge >= 0.3 is 0 Å². The summed E-state index contributed by atoms with van der Waals surface area (Å²) in [6.45, 7) is 2.50. The average Bonchev–Trinajstić information content (AvgIpc) is 3.04. The van der Waals surface area contributed by atoms with Gasteiger partial charge in [-0.05, 0) is 30.2 Å². The van der Waals surface area contributed by atoms with Gasteiger partial charge in [-0.2, -0.15) is 4.98 Å². The summed E-state index contributed by atoms with van der Waals surface area (Å²) < 4.78 is 31.6. The highest BCUT2D eigenvalue weighted by molar-refractivity contribution is 7.89. The van der Waals surface area contributed by atoms with Crippen LogP contribution in [0.5, 0.6) is 0 Å². The van der Waals surface area contributed by atoms with Crippen LogP contribution in [-0.4, -0.2) is 25.1 Å². The Labute approximate surface area is 116 Å². The molecule has 0 aliphatic carbocycles. The van der Waals surface area contributed by atoms with E-state index in [-0.39, 0.29) is 11.4 Å². The second-order valence-corrected chi connectivity index (χ2v) is 6.32. The largest absolute Gasteiger partial charge is 0.384 e. The molecule has 8 heteroatoms. The van der Waals surface area contributed by atoms with E-state index in [1.165, 1.54) is 0 Å². The van der Waals surface area contributed by atoms with Crippen LogP contribution < -0.4 is 10.0 Å². The predicted molar refractivity (Wildman–Crippen MR) is 71.7 cm³/mol. The first-order valence-electron chi connectivity index (χ1n) is 6.20. The fourth-order valence-electron chi connectivity index (χ4n) is 2.10. The molecule has 0 spiro atoms. The van der Waals surface area contributed by atoms with Crippen molar-refractivity contribution in [2.24, 2.45) is 0 Å². The maximum absolute atomic E-state index is 12.2. The zero-order valence-corrected chi connectivity index (χ0v) is 11.7. The highest BCUT2D eigenvalue weighted by atomic mass is 32.2. The Morgan fingerprint density at radius 3 is 3.05 bits per heavy atom. The van der Waals surface area contributed by atoms with Gasteiger partial charge in [-0.1, -0.05) is 5.16 Å². The summed E-state index contributed by atoms with van der Waals surface area (Å²) in [6, 6.07) is 5.06. The topological polar surface area (TPSA) is 97.1 Å². The summed E-state index contributed by atoms with van der Waals surface area (Å²) in [7, 11) is -3.57. The molecule has 0 saturated heterocycles. The van der Waals surface area contributed by atoms with E-state index in [1.54, 1.807) is 25.1 Å². The van der Waals surface area contributed by atoms with Gasteiger partial charge in [0.1, 0.15) is 0 Å². The lowest BCUT2D eigenvalue weighted by molar-refractivity contribution is 0.387. The van der Waals surface area contributed by atoms with Crippen molar-refractivity contribution in [2.45, 2.75) is 24.8 Å². The molecule has 2 N–H and O–H groups in total. The van der Waals surface area contributed by atoms with Crippen LogP contribution in [0.2, 0.25) is 0 Å². The molecule has 0 bridgehead atoms. The van der Waals surface area contributed by atoms with Crippen molar-refractivity contribution < 1.29 is 12.9 Å². The third kappa shape index (κ3) is 2.52. The number of benzene rings is 1. The standard InChI is InChI=1S/C12H14N4O3S/c1-8-15-12(16-19-8)7-14-20(17,18)10-2-3-11-9(6-10)4-5-13-11/h2-3,6,13-14H,4-5,7H2,1H3. The molecule has 0 fully saturated rings. The Bertz CT molecular complexity index is 739. The molecule has 1 aliphatic heterocycles. The number of aromatic nitrogens is 2. The molecule has 3 rings (SSSR count). The van der Waals surface area contributed by atoms with Gasteiger partial charge in [0.05, 0.1) is 11.4 Å². The van der Waals surface area contributed by atoms with Gasteiger partial charge in [0, 0.05) is 19.2 Å². The Morgan fingerprint density at radius 1 is 1.45 bits per heavy atom. The van der Waals surface area contributed by atoms with Crippen LogP contribution in [0.1, 0.15) is 17.3 Å². The van der Waals surface area contributed by atoms with Gasteiger partial charge in [-0.15, -0.1) is 0 Å². The van der Waals surface area contributed by atoms with Crippen molar-refractivity contribution in [3.05, 3.63) is 35.5 Å². The fraction of sp³-hybridized carbons (Fsp3) is 0.333. The number of aryl methyl sites for hydroxylation is 1. The molecule has 2 heterocycles. The van der Waals surface area contributed by atoms with Gasteiger partial charge in [-0.25, -0.2) is 13.1 Å². The van der Waals surface area contributed by atoms with Crippen molar-refractivity contribution in [1.29, 1.82) is 0 Å². The van der Waals surface area contributed by atoms with Crippen LogP contribution in [-0.2, 0) is 23.0 Å². The van der Waals surface area contributed by atoms with Gasteiger partial charge in [0.15, 0.2) is 5.82 Å². The molecular formula is C12H14N4O3S. The second-order valence-electron chi connectivity index (χ2n) is 4.55. The number of nitrogens with zero attached hydrogens (tertiary/aromatic N) is 2. The molecule has 0 amide bonds. The van der Waals surface area contributed by atoms with Crippen LogP contribution in [0.4, 0.5) is 5.69 Å². The SMILES string of the molecule is Cc1nc(CNS(=O)(=O)c2ccc3c(c2)CCN3)no1. The quantitative estimate of drug-likeness (QED) is 0.866. The van der Waals surface area contributed by atoms with E-state index < -0.39 is 10.0 Å². The van der Waals surface area contributed by atoms with Crippen molar-refractivity contribution in [1.82, 2.24) is 14.9 Å². The van der Waals surface area contributed by atoms with Crippen molar-refractivity contribution in [3.8, 4) is 0 Å². The first-order valence-corrected chi connectivity index (χ1v) is 7.68. The molecule has 0 radical (unpaired) electrons. The fourth-order valence-corrected chi connectivity index (χ4v) is 3.13. The summed E-state index contributed by atoms with van der Waals surface area (Å²) in [5, 5.41) is 6.84. The van der Waals surface area contributed by atoms with E-state index >= 15 is 0 Å². The number of hydrogen-bond acceptors (Lipinski definition) is 6. The number of sulfonamides is 1. The van der Waals surface area contributed by atoms with Crippen LogP contribution in [0, 0.1) is 6.92 Å². The molecule has 20 heavy (non-hydrogen) atoms. The monoisotopic (exact) mass is 294 g/mol. The van der Waals surface area contributed by atoms with E-state index in [1.807, 2.05) is 0 Å². The van der Waals surface area contributed by atoms with E-state index in [9.17, 15) is 8.42 Å². The highest BCUT2D eigenvalue weighted by Gasteiger charge is 2.18. The van der Waals surface area contributed by atoms with Crippen LogP contribution >= 0.6 is 0 Å². The Balaban J connectivity index is 1.78. The molecule has 1 aliphatic rings. The summed E-state index contributed by atoms with van der Waals surface area (Å²) in [4.78, 5) is 4.20. The molecule has 0 saturated carbocycles. The zero-order chi connectivity index (χ0) is 14.2. The molecule has 0 atom stereocenters. The summed E-state index contributed by atoms with van der Waals surface area (Å²) in [6.07, 6.45) is 0.836. The molecule has 7 nitrogen and oxygen atoms in total. The predicted octanol–water partition coefficient (Wildman–Crippen LogP) is 0.825. The molecule has 1 aromatic carbocycles. The molecule has 0 unspecified atom stereocenters. The molecule has 1 aromatic heterocycles. The number of anilines is 1. The smallest absolute Gasteiger partial charge is 0.240 e. The van der Waals surface area contributed by atoms with Gasteiger partial charge in [-0.3, -0.25) is 0 Å². The lowest BCUT2D eigenvalue weighted by atomic mass is 10.2. The number of nitrogens with one attached hydrogen (secondary N) is 2. The van der Waals surface area contributed by atoms with Gasteiger partial charge in [0.2, 0.25) is 15.9 Å². The maximum atomic E-state index is 12.2. The van der Waals surface area contributed by atoms with Crippen LogP contribution in [0.25, 0.3) is 0 Å². The number of fused-ring (bicyclic) bond motifs is 1. The molecular weight excluding hydrogens is 280 g/mol. The Hall–Kier alpha value is -1.93. The van der Waals surface area contributed by atoms with Gasteiger partial charge < -0.3 is 9.84 Å². The third-order valence-electron chi connectivity index (χ3n) is 3.09.